The van der Waals surface area contributed by atoms with Crippen LogP contribution in [0.25, 0.3) is 20.9 Å². The van der Waals surface area contributed by atoms with Gasteiger partial charge in [-0.1, -0.05) is 6.07 Å². The Kier molecular flexibility index (Phi) is 2.62. The maximum Gasteiger partial charge on any atom is 0.373 e. The lowest BCUT2D eigenvalue weighted by atomic mass is 10.2. The lowest BCUT2D eigenvalue weighted by Crippen LogP contribution is -1.98. The smallest absolute Gasteiger partial charge is 0.373 e. The molecule has 0 radical (unpaired) electrons. The highest BCUT2D eigenvalue weighted by Gasteiger charge is 2.33. The van der Waals surface area contributed by atoms with E-state index in [-0.39, 0.29) is 17.5 Å². The Morgan fingerprint density at radius 2 is 2.19 bits per heavy atom. The van der Waals surface area contributed by atoms with Crippen molar-refractivity contribution < 1.29 is 18.7 Å². The van der Waals surface area contributed by atoms with E-state index < -0.39 is 5.97 Å². The Bertz CT molecular complexity index is 863. The van der Waals surface area contributed by atoms with Crippen molar-refractivity contribution in [3.05, 3.63) is 41.5 Å². The summed E-state index contributed by atoms with van der Waals surface area (Å²) < 4.78 is 19.4. The molecule has 1 aliphatic rings. The van der Waals surface area contributed by atoms with Crippen molar-refractivity contribution >= 4 is 27.4 Å². The van der Waals surface area contributed by atoms with E-state index in [2.05, 4.69) is 4.98 Å². The zero-order valence-corrected chi connectivity index (χ0v) is 11.6. The standard InChI is InChI=1S/C15H10FNO3S/c16-9-4-3-8-5-11(21-10(8)6-9)14-17-12(7-1-2-7)13(20-14)15(18)19/h3-7H,1-2H2,(H,18,19). The summed E-state index contributed by atoms with van der Waals surface area (Å²) >= 11 is 1.34. The number of oxazole rings is 1. The molecule has 1 aromatic carbocycles. The molecule has 1 fully saturated rings. The van der Waals surface area contributed by atoms with E-state index >= 15 is 0 Å². The second kappa shape index (κ2) is 4.39. The normalized spacial score (nSPS) is 14.7. The van der Waals surface area contributed by atoms with Gasteiger partial charge >= 0.3 is 5.97 Å². The van der Waals surface area contributed by atoms with Crippen molar-refractivity contribution in [1.82, 2.24) is 4.98 Å². The summed E-state index contributed by atoms with van der Waals surface area (Å²) in [6.07, 6.45) is 1.90. The predicted molar refractivity (Wildman–Crippen MR) is 76.2 cm³/mol. The number of nitrogens with zero attached hydrogens (tertiary/aromatic N) is 1. The minimum atomic E-state index is -1.09. The second-order valence-corrected chi connectivity index (χ2v) is 6.19. The van der Waals surface area contributed by atoms with E-state index in [1.807, 2.05) is 6.07 Å². The molecule has 2 aromatic heterocycles. The zero-order valence-electron chi connectivity index (χ0n) is 10.8. The van der Waals surface area contributed by atoms with Gasteiger partial charge < -0.3 is 9.52 Å². The topological polar surface area (TPSA) is 63.3 Å². The van der Waals surface area contributed by atoms with Gasteiger partial charge in [-0.25, -0.2) is 14.2 Å². The third kappa shape index (κ3) is 2.12. The van der Waals surface area contributed by atoms with E-state index in [1.165, 1.54) is 23.5 Å². The number of benzene rings is 1. The number of hydrogen-bond acceptors (Lipinski definition) is 4. The highest BCUT2D eigenvalue weighted by molar-refractivity contribution is 7.22. The van der Waals surface area contributed by atoms with Crippen LogP contribution in [0, 0.1) is 5.82 Å². The van der Waals surface area contributed by atoms with E-state index in [9.17, 15) is 14.3 Å². The first-order valence-corrected chi connectivity index (χ1v) is 7.37. The molecule has 0 saturated heterocycles. The van der Waals surface area contributed by atoms with Gasteiger partial charge in [0.25, 0.3) is 0 Å². The number of halogens is 1. The molecule has 2 heterocycles. The summed E-state index contributed by atoms with van der Waals surface area (Å²) in [7, 11) is 0. The summed E-state index contributed by atoms with van der Waals surface area (Å²) in [4.78, 5) is 16.3. The van der Waals surface area contributed by atoms with Gasteiger partial charge in [-0.05, 0) is 36.4 Å². The van der Waals surface area contributed by atoms with Crippen LogP contribution in [-0.4, -0.2) is 16.1 Å². The molecule has 21 heavy (non-hydrogen) atoms. The molecule has 0 amide bonds. The number of aromatic nitrogens is 1. The van der Waals surface area contributed by atoms with Crippen molar-refractivity contribution in [3.8, 4) is 10.8 Å². The maximum atomic E-state index is 13.2. The quantitative estimate of drug-likeness (QED) is 0.784. The van der Waals surface area contributed by atoms with E-state index in [4.69, 9.17) is 4.42 Å². The molecule has 0 aliphatic heterocycles. The van der Waals surface area contributed by atoms with Crippen LogP contribution in [0.15, 0.2) is 28.7 Å². The van der Waals surface area contributed by atoms with Gasteiger partial charge in [0, 0.05) is 10.6 Å². The van der Waals surface area contributed by atoms with Crippen LogP contribution in [0.1, 0.15) is 35.0 Å². The number of aromatic carboxylic acids is 1. The number of fused-ring (bicyclic) bond motifs is 1. The van der Waals surface area contributed by atoms with Gasteiger partial charge in [0.1, 0.15) is 5.82 Å². The summed E-state index contributed by atoms with van der Waals surface area (Å²) in [6, 6.07) is 6.38. The van der Waals surface area contributed by atoms with Crippen LogP contribution in [-0.2, 0) is 0 Å². The average molecular weight is 303 g/mol. The minimum Gasteiger partial charge on any atom is -0.475 e. The van der Waals surface area contributed by atoms with Crippen LogP contribution < -0.4 is 0 Å². The lowest BCUT2D eigenvalue weighted by Gasteiger charge is -1.89. The monoisotopic (exact) mass is 303 g/mol. The van der Waals surface area contributed by atoms with Gasteiger partial charge in [-0.2, -0.15) is 0 Å². The molecule has 0 atom stereocenters. The third-order valence-corrected chi connectivity index (χ3v) is 4.59. The van der Waals surface area contributed by atoms with E-state index in [1.54, 1.807) is 6.07 Å². The first-order chi connectivity index (χ1) is 10.1. The lowest BCUT2D eigenvalue weighted by molar-refractivity contribution is 0.0661. The molecular weight excluding hydrogens is 293 g/mol. The Balaban J connectivity index is 1.84. The average Bonchev–Trinajstić information content (AvgIpc) is 3.04. The summed E-state index contributed by atoms with van der Waals surface area (Å²) in [5.74, 6) is -0.969. The molecule has 1 aliphatic carbocycles. The van der Waals surface area contributed by atoms with Gasteiger partial charge in [-0.15, -0.1) is 11.3 Å². The van der Waals surface area contributed by atoms with Crippen LogP contribution in [0.5, 0.6) is 0 Å². The highest BCUT2D eigenvalue weighted by Crippen LogP contribution is 2.43. The summed E-state index contributed by atoms with van der Waals surface area (Å²) in [5, 5.41) is 10.1. The molecule has 6 heteroatoms. The van der Waals surface area contributed by atoms with Crippen molar-refractivity contribution in [2.75, 3.05) is 0 Å². The molecule has 3 aromatic rings. The number of rotatable bonds is 3. The first kappa shape index (κ1) is 12.5. The Morgan fingerprint density at radius 3 is 2.90 bits per heavy atom. The van der Waals surface area contributed by atoms with Crippen molar-refractivity contribution in [2.45, 2.75) is 18.8 Å². The Morgan fingerprint density at radius 1 is 1.38 bits per heavy atom. The molecule has 1 saturated carbocycles. The predicted octanol–water partition coefficient (Wildman–Crippen LogP) is 4.27. The van der Waals surface area contributed by atoms with E-state index in [0.717, 1.165) is 22.9 Å². The molecule has 4 nitrogen and oxygen atoms in total. The maximum absolute atomic E-state index is 13.2. The molecule has 106 valence electrons. The van der Waals surface area contributed by atoms with Gasteiger partial charge in [0.05, 0.1) is 10.6 Å². The number of carboxylic acids is 1. The number of carboxylic acid groups (broad SMARTS) is 1. The number of thiophene rings is 1. The van der Waals surface area contributed by atoms with Crippen molar-refractivity contribution in [3.63, 3.8) is 0 Å². The molecular formula is C15H10FNO3S. The Labute approximate surface area is 122 Å². The first-order valence-electron chi connectivity index (χ1n) is 6.55. The van der Waals surface area contributed by atoms with Gasteiger partial charge in [0.2, 0.25) is 11.7 Å². The Hall–Kier alpha value is -2.21. The molecule has 4 rings (SSSR count). The van der Waals surface area contributed by atoms with Gasteiger partial charge in [0.15, 0.2) is 0 Å². The van der Waals surface area contributed by atoms with Crippen LogP contribution in [0.3, 0.4) is 0 Å². The summed E-state index contributed by atoms with van der Waals surface area (Å²) in [5.41, 5.74) is 0.529. The fourth-order valence-corrected chi connectivity index (χ4v) is 3.35. The van der Waals surface area contributed by atoms with Crippen LogP contribution in [0.4, 0.5) is 4.39 Å². The number of hydrogen-bond donors (Lipinski definition) is 1. The molecule has 0 unspecified atom stereocenters. The largest absolute Gasteiger partial charge is 0.475 e. The van der Waals surface area contributed by atoms with Gasteiger partial charge in [-0.3, -0.25) is 0 Å². The summed E-state index contributed by atoms with van der Waals surface area (Å²) in [6.45, 7) is 0. The number of carbonyl (C=O) groups is 1. The zero-order chi connectivity index (χ0) is 14.6. The SMILES string of the molecule is O=C(O)c1oc(-c2cc3ccc(F)cc3s2)nc1C1CC1. The van der Waals surface area contributed by atoms with Crippen molar-refractivity contribution in [2.24, 2.45) is 0 Å². The molecule has 0 bridgehead atoms. The minimum absolute atomic E-state index is 0.0730. The van der Waals surface area contributed by atoms with E-state index in [0.29, 0.717) is 16.5 Å². The molecule has 1 N–H and O–H groups in total. The fourth-order valence-electron chi connectivity index (χ4n) is 2.33. The highest BCUT2D eigenvalue weighted by atomic mass is 32.1. The second-order valence-electron chi connectivity index (χ2n) is 5.11. The third-order valence-electron chi connectivity index (χ3n) is 3.50. The van der Waals surface area contributed by atoms with Crippen LogP contribution >= 0.6 is 11.3 Å². The van der Waals surface area contributed by atoms with Crippen molar-refractivity contribution in [1.29, 1.82) is 0 Å². The van der Waals surface area contributed by atoms with Crippen LogP contribution in [0.2, 0.25) is 0 Å². The fraction of sp³-hybridized carbons (Fsp3) is 0.200. The molecule has 0 spiro atoms.